The second kappa shape index (κ2) is 6.04. The summed E-state index contributed by atoms with van der Waals surface area (Å²) in [4.78, 5) is 25.3. The van der Waals surface area contributed by atoms with E-state index in [0.717, 1.165) is 5.69 Å². The number of amides is 1. The molecule has 0 aliphatic carbocycles. The average Bonchev–Trinajstić information content (AvgIpc) is 3.14. The Bertz CT molecular complexity index is 754. The van der Waals surface area contributed by atoms with Crippen LogP contribution in [-0.2, 0) is 4.79 Å². The van der Waals surface area contributed by atoms with Gasteiger partial charge in [0.1, 0.15) is 6.04 Å². The van der Waals surface area contributed by atoms with Crippen LogP contribution >= 0.6 is 11.6 Å². The van der Waals surface area contributed by atoms with Crippen LogP contribution in [0.25, 0.3) is 5.69 Å². The molecule has 0 saturated carbocycles. The molecule has 2 heterocycles. The van der Waals surface area contributed by atoms with Crippen LogP contribution in [-0.4, -0.2) is 44.3 Å². The van der Waals surface area contributed by atoms with Crippen molar-refractivity contribution in [3.05, 3.63) is 46.7 Å². The number of benzene rings is 1. The maximum atomic E-state index is 12.7. The van der Waals surface area contributed by atoms with Crippen LogP contribution in [0.4, 0.5) is 0 Å². The quantitative estimate of drug-likeness (QED) is 0.936. The molecule has 1 fully saturated rings. The number of carbonyl (C=O) groups excluding carboxylic acids is 1. The Balaban J connectivity index is 1.90. The molecule has 0 spiro atoms. The van der Waals surface area contributed by atoms with E-state index in [-0.39, 0.29) is 5.91 Å². The van der Waals surface area contributed by atoms with Crippen molar-refractivity contribution < 1.29 is 14.7 Å². The second-order valence-electron chi connectivity index (χ2n) is 5.54. The lowest BCUT2D eigenvalue weighted by atomic mass is 10.2. The highest BCUT2D eigenvalue weighted by molar-refractivity contribution is 6.30. The monoisotopic (exact) mass is 333 g/mol. The molecule has 1 N–H and O–H groups in total. The molecule has 1 saturated heterocycles. The number of carbonyl (C=O) groups is 2. The van der Waals surface area contributed by atoms with E-state index in [2.05, 4.69) is 5.10 Å². The molecule has 1 aromatic carbocycles. The molecule has 1 amide bonds. The van der Waals surface area contributed by atoms with Crippen LogP contribution in [0.2, 0.25) is 5.02 Å². The normalized spacial score (nSPS) is 17.5. The van der Waals surface area contributed by atoms with E-state index >= 15 is 0 Å². The van der Waals surface area contributed by atoms with Crippen molar-refractivity contribution in [3.8, 4) is 5.69 Å². The summed E-state index contributed by atoms with van der Waals surface area (Å²) in [6.45, 7) is 2.20. The molecule has 1 aliphatic rings. The van der Waals surface area contributed by atoms with E-state index in [4.69, 9.17) is 11.6 Å². The Hall–Kier alpha value is -2.34. The predicted octanol–water partition coefficient (Wildman–Crippen LogP) is 2.52. The first-order valence-corrected chi connectivity index (χ1v) is 7.71. The van der Waals surface area contributed by atoms with E-state index in [0.29, 0.717) is 35.7 Å². The lowest BCUT2D eigenvalue weighted by Gasteiger charge is -2.20. The summed E-state index contributed by atoms with van der Waals surface area (Å²) in [5, 5.41) is 14.2. The third-order valence-corrected chi connectivity index (χ3v) is 4.27. The lowest BCUT2D eigenvalue weighted by Crippen LogP contribution is -2.40. The molecule has 7 heteroatoms. The van der Waals surface area contributed by atoms with Crippen LogP contribution in [0.3, 0.4) is 0 Å². The maximum Gasteiger partial charge on any atom is 0.326 e. The van der Waals surface area contributed by atoms with Gasteiger partial charge in [-0.25, -0.2) is 9.48 Å². The van der Waals surface area contributed by atoms with Gasteiger partial charge in [0.2, 0.25) is 0 Å². The highest BCUT2D eigenvalue weighted by Gasteiger charge is 2.35. The summed E-state index contributed by atoms with van der Waals surface area (Å²) in [5.74, 6) is -1.24. The SMILES string of the molecule is Cc1nn(-c2ccc(Cl)cc2)cc1C(=O)N1CCCC1C(=O)O. The second-order valence-corrected chi connectivity index (χ2v) is 5.98. The Morgan fingerprint density at radius 2 is 2.00 bits per heavy atom. The van der Waals surface area contributed by atoms with E-state index in [1.807, 2.05) is 0 Å². The molecule has 23 heavy (non-hydrogen) atoms. The number of aliphatic carboxylic acids is 1. The Morgan fingerprint density at radius 3 is 2.65 bits per heavy atom. The Labute approximate surface area is 138 Å². The summed E-state index contributed by atoms with van der Waals surface area (Å²) in [7, 11) is 0. The van der Waals surface area contributed by atoms with Crippen LogP contribution in [0.5, 0.6) is 0 Å². The van der Waals surface area contributed by atoms with Crippen LogP contribution in [0.1, 0.15) is 28.9 Å². The lowest BCUT2D eigenvalue weighted by molar-refractivity contribution is -0.141. The topological polar surface area (TPSA) is 75.4 Å². The Morgan fingerprint density at radius 1 is 1.30 bits per heavy atom. The zero-order chi connectivity index (χ0) is 16.6. The van der Waals surface area contributed by atoms with E-state index in [1.54, 1.807) is 42.1 Å². The van der Waals surface area contributed by atoms with Gasteiger partial charge in [-0.15, -0.1) is 0 Å². The fourth-order valence-electron chi connectivity index (χ4n) is 2.82. The molecule has 0 radical (unpaired) electrons. The third-order valence-electron chi connectivity index (χ3n) is 4.02. The fourth-order valence-corrected chi connectivity index (χ4v) is 2.94. The Kier molecular flexibility index (Phi) is 4.09. The highest BCUT2D eigenvalue weighted by atomic mass is 35.5. The molecule has 3 rings (SSSR count). The van der Waals surface area contributed by atoms with Gasteiger partial charge in [0.05, 0.1) is 16.9 Å². The van der Waals surface area contributed by atoms with Crippen LogP contribution < -0.4 is 0 Å². The van der Waals surface area contributed by atoms with Gasteiger partial charge in [-0.2, -0.15) is 5.10 Å². The van der Waals surface area contributed by atoms with Gasteiger partial charge < -0.3 is 10.0 Å². The fraction of sp³-hybridized carbons (Fsp3) is 0.312. The van der Waals surface area contributed by atoms with Gasteiger partial charge in [-0.05, 0) is 44.0 Å². The van der Waals surface area contributed by atoms with Gasteiger partial charge in [0.25, 0.3) is 5.91 Å². The number of aryl methyl sites for hydroxylation is 1. The summed E-state index contributed by atoms with van der Waals surface area (Å²) < 4.78 is 1.60. The van der Waals surface area contributed by atoms with Crippen molar-refractivity contribution in [1.29, 1.82) is 0 Å². The molecular weight excluding hydrogens is 318 g/mol. The number of hydrogen-bond donors (Lipinski definition) is 1. The molecule has 1 atom stereocenters. The van der Waals surface area contributed by atoms with Crippen LogP contribution in [0.15, 0.2) is 30.5 Å². The number of likely N-dealkylation sites (tertiary alicyclic amines) is 1. The molecule has 6 nitrogen and oxygen atoms in total. The zero-order valence-corrected chi connectivity index (χ0v) is 13.3. The minimum absolute atomic E-state index is 0.285. The summed E-state index contributed by atoms with van der Waals surface area (Å²) in [5.41, 5.74) is 1.78. The van der Waals surface area contributed by atoms with Crippen molar-refractivity contribution in [1.82, 2.24) is 14.7 Å². The molecule has 1 unspecified atom stereocenters. The maximum absolute atomic E-state index is 12.7. The standard InChI is InChI=1S/C16H16ClN3O3/c1-10-13(15(21)19-8-2-3-14(19)16(22)23)9-20(18-10)12-6-4-11(17)5-7-12/h4-7,9,14H,2-3,8H2,1H3,(H,22,23). The molecular formula is C16H16ClN3O3. The van der Waals surface area contributed by atoms with E-state index in [9.17, 15) is 14.7 Å². The van der Waals surface area contributed by atoms with Gasteiger partial charge in [-0.3, -0.25) is 4.79 Å². The number of nitrogens with zero attached hydrogens (tertiary/aromatic N) is 3. The zero-order valence-electron chi connectivity index (χ0n) is 12.6. The highest BCUT2D eigenvalue weighted by Crippen LogP contribution is 2.22. The predicted molar refractivity (Wildman–Crippen MR) is 85.0 cm³/mol. The van der Waals surface area contributed by atoms with E-state index in [1.165, 1.54) is 4.90 Å². The summed E-state index contributed by atoms with van der Waals surface area (Å²) in [6.07, 6.45) is 2.83. The van der Waals surface area contributed by atoms with Crippen molar-refractivity contribution in [2.75, 3.05) is 6.54 Å². The van der Waals surface area contributed by atoms with Crippen molar-refractivity contribution in [3.63, 3.8) is 0 Å². The number of hydrogen-bond acceptors (Lipinski definition) is 3. The van der Waals surface area contributed by atoms with Gasteiger partial charge in [0, 0.05) is 17.8 Å². The first-order chi connectivity index (χ1) is 11.0. The van der Waals surface area contributed by atoms with Crippen molar-refractivity contribution >= 4 is 23.5 Å². The van der Waals surface area contributed by atoms with Crippen molar-refractivity contribution in [2.45, 2.75) is 25.8 Å². The number of halogens is 1. The van der Waals surface area contributed by atoms with Gasteiger partial charge in [-0.1, -0.05) is 11.6 Å². The number of carboxylic acids is 1. The molecule has 0 bridgehead atoms. The van der Waals surface area contributed by atoms with Gasteiger partial charge >= 0.3 is 5.97 Å². The largest absolute Gasteiger partial charge is 0.480 e. The molecule has 2 aromatic rings. The third kappa shape index (κ3) is 2.94. The minimum atomic E-state index is -0.960. The molecule has 120 valence electrons. The minimum Gasteiger partial charge on any atom is -0.480 e. The average molecular weight is 334 g/mol. The van der Waals surface area contributed by atoms with Crippen LogP contribution in [0, 0.1) is 6.92 Å². The number of rotatable bonds is 3. The number of aromatic nitrogens is 2. The van der Waals surface area contributed by atoms with Crippen molar-refractivity contribution in [2.24, 2.45) is 0 Å². The summed E-state index contributed by atoms with van der Waals surface area (Å²) >= 11 is 5.87. The summed E-state index contributed by atoms with van der Waals surface area (Å²) in [6, 6.07) is 6.35. The first kappa shape index (κ1) is 15.6. The first-order valence-electron chi connectivity index (χ1n) is 7.33. The molecule has 1 aliphatic heterocycles. The number of carboxylic acid groups (broad SMARTS) is 1. The van der Waals surface area contributed by atoms with Gasteiger partial charge in [0.15, 0.2) is 0 Å². The van der Waals surface area contributed by atoms with E-state index < -0.39 is 12.0 Å². The molecule has 1 aromatic heterocycles. The smallest absolute Gasteiger partial charge is 0.326 e.